The van der Waals surface area contributed by atoms with E-state index < -0.39 is 38.7 Å². The Labute approximate surface area is 191 Å². The van der Waals surface area contributed by atoms with Crippen molar-refractivity contribution in [3.63, 3.8) is 0 Å². The number of alkyl halides is 3. The number of amides is 2. The van der Waals surface area contributed by atoms with Crippen LogP contribution in [0.5, 0.6) is 0 Å². The van der Waals surface area contributed by atoms with Crippen LogP contribution in [0.3, 0.4) is 0 Å². The molecule has 1 atom stereocenters. The molecule has 1 N–H and O–H groups in total. The Morgan fingerprint density at radius 2 is 1.71 bits per heavy atom. The van der Waals surface area contributed by atoms with E-state index in [-0.39, 0.29) is 35.2 Å². The zero-order valence-electron chi connectivity index (χ0n) is 17.4. The van der Waals surface area contributed by atoms with Crippen molar-refractivity contribution in [2.45, 2.75) is 24.0 Å². The fourth-order valence-corrected chi connectivity index (χ4v) is 4.03. The quantitative estimate of drug-likeness (QED) is 0.434. The Hall–Kier alpha value is -3.74. The van der Waals surface area contributed by atoms with Crippen LogP contribution in [0.25, 0.3) is 0 Å². The average molecular weight is 496 g/mol. The van der Waals surface area contributed by atoms with Gasteiger partial charge in [-0.3, -0.25) is 14.3 Å². The summed E-state index contributed by atoms with van der Waals surface area (Å²) in [5.74, 6) is -1.28. The summed E-state index contributed by atoms with van der Waals surface area (Å²) in [4.78, 5) is 26.5. The normalized spacial score (nSPS) is 16.3. The van der Waals surface area contributed by atoms with Crippen molar-refractivity contribution in [1.29, 1.82) is 0 Å². The minimum atomic E-state index is -4.92. The molecular formula is C21H16F4N4O4S. The Morgan fingerprint density at radius 1 is 1.09 bits per heavy atom. The van der Waals surface area contributed by atoms with Gasteiger partial charge in [-0.05, 0) is 55.5 Å². The van der Waals surface area contributed by atoms with Gasteiger partial charge in [-0.15, -0.1) is 3.89 Å². The van der Waals surface area contributed by atoms with Gasteiger partial charge in [0, 0.05) is 17.8 Å². The molecular weight excluding hydrogens is 480 g/mol. The van der Waals surface area contributed by atoms with E-state index in [1.54, 1.807) is 6.92 Å². The summed E-state index contributed by atoms with van der Waals surface area (Å²) in [5, 5.41) is 6.65. The minimum Gasteiger partial charge on any atom is -0.319 e. The summed E-state index contributed by atoms with van der Waals surface area (Å²) in [6.07, 6.45) is -3.25. The standard InChI is InChI=1S/C21H16F4N4O4S/c1-12-11-28(15-6-4-14(5-7-15)21(22,23)24)20(31)18-17(10-26-29(12)18)27-19(30)13-2-8-16(9-3-13)34(25,32)33/h2-10,12H,11H2,1H3,(H,27,30)/t12-/m0/s1. The summed E-state index contributed by atoms with van der Waals surface area (Å²) in [6.45, 7) is 1.90. The highest BCUT2D eigenvalue weighted by atomic mass is 32.3. The maximum atomic E-state index is 13.2. The predicted molar refractivity (Wildman–Crippen MR) is 113 cm³/mol. The van der Waals surface area contributed by atoms with E-state index in [0.29, 0.717) is 0 Å². The molecule has 0 unspecified atom stereocenters. The summed E-state index contributed by atoms with van der Waals surface area (Å²) in [6, 6.07) is 7.86. The van der Waals surface area contributed by atoms with E-state index in [2.05, 4.69) is 10.4 Å². The number of anilines is 2. The van der Waals surface area contributed by atoms with Gasteiger partial charge in [-0.25, -0.2) is 0 Å². The Balaban J connectivity index is 1.60. The van der Waals surface area contributed by atoms with Crippen molar-refractivity contribution < 1.29 is 35.1 Å². The Bertz CT molecular complexity index is 1370. The number of hydrogen-bond acceptors (Lipinski definition) is 5. The van der Waals surface area contributed by atoms with E-state index in [1.165, 1.54) is 27.9 Å². The van der Waals surface area contributed by atoms with E-state index in [4.69, 9.17) is 0 Å². The van der Waals surface area contributed by atoms with Crippen molar-refractivity contribution in [3.8, 4) is 0 Å². The monoisotopic (exact) mass is 496 g/mol. The molecule has 0 radical (unpaired) electrons. The number of carbonyl (C=O) groups is 2. The van der Waals surface area contributed by atoms with Gasteiger partial charge >= 0.3 is 16.4 Å². The van der Waals surface area contributed by atoms with E-state index in [0.717, 1.165) is 36.4 Å². The molecule has 178 valence electrons. The zero-order valence-corrected chi connectivity index (χ0v) is 18.2. The molecule has 2 amide bonds. The first kappa shape index (κ1) is 23.4. The average Bonchev–Trinajstić information content (AvgIpc) is 3.20. The first-order valence-electron chi connectivity index (χ1n) is 9.79. The van der Waals surface area contributed by atoms with E-state index >= 15 is 0 Å². The minimum absolute atomic E-state index is 0.00301. The molecule has 8 nitrogen and oxygen atoms in total. The maximum absolute atomic E-state index is 13.2. The highest BCUT2D eigenvalue weighted by Gasteiger charge is 2.35. The molecule has 34 heavy (non-hydrogen) atoms. The zero-order chi connectivity index (χ0) is 24.8. The van der Waals surface area contributed by atoms with Crippen LogP contribution < -0.4 is 10.2 Å². The molecule has 2 heterocycles. The first-order chi connectivity index (χ1) is 15.9. The molecule has 0 saturated heterocycles. The summed E-state index contributed by atoms with van der Waals surface area (Å²) in [7, 11) is -4.92. The number of rotatable bonds is 4. The number of halogens is 4. The second kappa shape index (κ2) is 8.24. The molecule has 0 saturated carbocycles. The fourth-order valence-electron chi connectivity index (χ4n) is 3.57. The summed E-state index contributed by atoms with van der Waals surface area (Å²) >= 11 is 0. The van der Waals surface area contributed by atoms with Crippen LogP contribution in [0, 0.1) is 0 Å². The number of nitrogens with zero attached hydrogens (tertiary/aromatic N) is 3. The second-order valence-corrected chi connectivity index (χ2v) is 8.92. The number of fused-ring (bicyclic) bond motifs is 1. The van der Waals surface area contributed by atoms with Gasteiger partial charge in [0.2, 0.25) is 0 Å². The lowest BCUT2D eigenvalue weighted by Gasteiger charge is -2.32. The van der Waals surface area contributed by atoms with Crippen molar-refractivity contribution >= 4 is 33.4 Å². The van der Waals surface area contributed by atoms with E-state index in [1.807, 2.05) is 0 Å². The van der Waals surface area contributed by atoms with Crippen LogP contribution in [-0.4, -0.2) is 36.6 Å². The van der Waals surface area contributed by atoms with Crippen LogP contribution in [0.1, 0.15) is 39.4 Å². The summed E-state index contributed by atoms with van der Waals surface area (Å²) < 4.78 is 74.9. The lowest BCUT2D eigenvalue weighted by atomic mass is 10.1. The topological polar surface area (TPSA) is 101 Å². The van der Waals surface area contributed by atoms with Gasteiger partial charge in [0.1, 0.15) is 0 Å². The fraction of sp³-hybridized carbons (Fsp3) is 0.190. The largest absolute Gasteiger partial charge is 0.416 e. The van der Waals surface area contributed by atoms with Crippen molar-refractivity contribution in [3.05, 3.63) is 71.5 Å². The Morgan fingerprint density at radius 3 is 2.26 bits per heavy atom. The number of carbonyl (C=O) groups excluding carboxylic acids is 2. The van der Waals surface area contributed by atoms with Crippen molar-refractivity contribution in [2.75, 3.05) is 16.8 Å². The number of aromatic nitrogens is 2. The highest BCUT2D eigenvalue weighted by Crippen LogP contribution is 2.33. The predicted octanol–water partition coefficient (Wildman–Crippen LogP) is 4.03. The SMILES string of the molecule is C[C@H]1CN(c2ccc(C(F)(F)F)cc2)C(=O)c2c(NC(=O)c3ccc(S(=O)(=O)F)cc3)cnn21. The van der Waals surface area contributed by atoms with E-state index in [9.17, 15) is 35.1 Å². The Kier molecular flexibility index (Phi) is 5.67. The van der Waals surface area contributed by atoms with Gasteiger partial charge in [0.25, 0.3) is 11.8 Å². The lowest BCUT2D eigenvalue weighted by Crippen LogP contribution is -2.43. The van der Waals surface area contributed by atoms with Crippen molar-refractivity contribution in [1.82, 2.24) is 9.78 Å². The van der Waals surface area contributed by atoms with Crippen LogP contribution in [0.2, 0.25) is 0 Å². The molecule has 3 aromatic rings. The smallest absolute Gasteiger partial charge is 0.319 e. The molecule has 2 aromatic carbocycles. The van der Waals surface area contributed by atoms with Gasteiger partial charge in [-0.2, -0.15) is 26.7 Å². The van der Waals surface area contributed by atoms with Crippen molar-refractivity contribution in [2.24, 2.45) is 0 Å². The van der Waals surface area contributed by atoms with Gasteiger partial charge in [-0.1, -0.05) is 0 Å². The third kappa shape index (κ3) is 4.38. The molecule has 0 spiro atoms. The molecule has 1 aliphatic rings. The van der Waals surface area contributed by atoms with Crippen LogP contribution in [0.4, 0.5) is 28.4 Å². The lowest BCUT2D eigenvalue weighted by molar-refractivity contribution is -0.137. The number of hydrogen-bond donors (Lipinski definition) is 1. The van der Waals surface area contributed by atoms with Crippen LogP contribution in [-0.2, 0) is 16.4 Å². The number of benzene rings is 2. The van der Waals surface area contributed by atoms with Gasteiger partial charge < -0.3 is 10.2 Å². The molecule has 4 rings (SSSR count). The maximum Gasteiger partial charge on any atom is 0.416 e. The number of nitrogens with one attached hydrogen (secondary N) is 1. The summed E-state index contributed by atoms with van der Waals surface area (Å²) in [5.41, 5.74) is -0.519. The third-order valence-electron chi connectivity index (χ3n) is 5.26. The molecule has 0 bridgehead atoms. The molecule has 13 heteroatoms. The highest BCUT2D eigenvalue weighted by molar-refractivity contribution is 7.86. The van der Waals surface area contributed by atoms with Crippen LogP contribution >= 0.6 is 0 Å². The van der Waals surface area contributed by atoms with Gasteiger partial charge in [0.15, 0.2) is 5.69 Å². The third-order valence-corrected chi connectivity index (χ3v) is 6.10. The van der Waals surface area contributed by atoms with Gasteiger partial charge in [0.05, 0.1) is 28.4 Å². The second-order valence-electron chi connectivity index (χ2n) is 7.58. The van der Waals surface area contributed by atoms with Crippen LogP contribution in [0.15, 0.2) is 59.6 Å². The molecule has 1 aromatic heterocycles. The molecule has 1 aliphatic heterocycles. The first-order valence-corrected chi connectivity index (χ1v) is 11.2. The molecule has 0 fully saturated rings. The molecule has 0 aliphatic carbocycles.